The van der Waals surface area contributed by atoms with E-state index < -0.39 is 0 Å². The molecule has 0 aliphatic heterocycles. The van der Waals surface area contributed by atoms with Crippen LogP contribution in [0.5, 0.6) is 0 Å². The first kappa shape index (κ1) is 10.5. The predicted octanol–water partition coefficient (Wildman–Crippen LogP) is 1.58. The molecular formula is C9H13BrN2O. The molecule has 0 saturated heterocycles. The van der Waals surface area contributed by atoms with Crippen LogP contribution in [0.2, 0.25) is 0 Å². The minimum absolute atomic E-state index is 0.146. The Bertz CT molecular complexity index is 291. The van der Waals surface area contributed by atoms with Crippen molar-refractivity contribution >= 4 is 21.7 Å². The molecule has 13 heavy (non-hydrogen) atoms. The second-order valence-electron chi connectivity index (χ2n) is 2.94. The summed E-state index contributed by atoms with van der Waals surface area (Å²) in [5.74, 6) is 0.884. The monoisotopic (exact) mass is 244 g/mol. The Balaban J connectivity index is 2.84. The van der Waals surface area contributed by atoms with Gasteiger partial charge in [0.05, 0.1) is 6.61 Å². The van der Waals surface area contributed by atoms with Crippen LogP contribution < -0.4 is 4.90 Å². The molecule has 0 aromatic carbocycles. The Morgan fingerprint density at radius 1 is 1.62 bits per heavy atom. The minimum atomic E-state index is 0.146. The van der Waals surface area contributed by atoms with Crippen molar-refractivity contribution in [2.75, 3.05) is 25.1 Å². The molecule has 1 aromatic heterocycles. The molecule has 1 heterocycles. The largest absolute Gasteiger partial charge is 0.395 e. The zero-order chi connectivity index (χ0) is 9.84. The molecule has 0 bridgehead atoms. The van der Waals surface area contributed by atoms with E-state index in [9.17, 15) is 0 Å². The van der Waals surface area contributed by atoms with Crippen LogP contribution in [-0.4, -0.2) is 30.3 Å². The van der Waals surface area contributed by atoms with Crippen LogP contribution in [0.15, 0.2) is 16.7 Å². The molecule has 1 rings (SSSR count). The average Bonchev–Trinajstić information content (AvgIpc) is 2.10. The van der Waals surface area contributed by atoms with Gasteiger partial charge in [0.25, 0.3) is 0 Å². The lowest BCUT2D eigenvalue weighted by molar-refractivity contribution is 0.304. The molecule has 0 aliphatic rings. The van der Waals surface area contributed by atoms with E-state index in [2.05, 4.69) is 20.9 Å². The van der Waals surface area contributed by atoms with Gasteiger partial charge in [0.1, 0.15) is 5.82 Å². The summed E-state index contributed by atoms with van der Waals surface area (Å²) in [6.07, 6.45) is 1.78. The number of hydrogen-bond donors (Lipinski definition) is 1. The Morgan fingerprint density at radius 3 is 2.85 bits per heavy atom. The number of aromatic nitrogens is 1. The van der Waals surface area contributed by atoms with Crippen molar-refractivity contribution in [2.24, 2.45) is 0 Å². The van der Waals surface area contributed by atoms with Crippen LogP contribution in [0.25, 0.3) is 0 Å². The van der Waals surface area contributed by atoms with E-state index in [0.717, 1.165) is 15.9 Å². The smallest absolute Gasteiger partial charge is 0.128 e. The fourth-order valence-electron chi connectivity index (χ4n) is 0.998. The van der Waals surface area contributed by atoms with Gasteiger partial charge in [0.2, 0.25) is 0 Å². The maximum Gasteiger partial charge on any atom is 0.128 e. The van der Waals surface area contributed by atoms with Crippen molar-refractivity contribution in [3.63, 3.8) is 0 Å². The Labute approximate surface area is 86.5 Å². The summed E-state index contributed by atoms with van der Waals surface area (Å²) in [7, 11) is 1.91. The summed E-state index contributed by atoms with van der Waals surface area (Å²) in [6.45, 7) is 2.77. The van der Waals surface area contributed by atoms with E-state index in [1.807, 2.05) is 24.9 Å². The van der Waals surface area contributed by atoms with Gasteiger partial charge >= 0.3 is 0 Å². The van der Waals surface area contributed by atoms with Crippen LogP contribution >= 0.6 is 15.9 Å². The topological polar surface area (TPSA) is 36.4 Å². The van der Waals surface area contributed by atoms with Crippen LogP contribution in [0.3, 0.4) is 0 Å². The van der Waals surface area contributed by atoms with E-state index in [1.165, 1.54) is 0 Å². The quantitative estimate of drug-likeness (QED) is 0.878. The number of aliphatic hydroxyl groups is 1. The summed E-state index contributed by atoms with van der Waals surface area (Å²) < 4.78 is 1.01. The highest BCUT2D eigenvalue weighted by molar-refractivity contribution is 9.10. The summed E-state index contributed by atoms with van der Waals surface area (Å²) in [4.78, 5) is 6.14. The Morgan fingerprint density at radius 2 is 2.31 bits per heavy atom. The third-order valence-corrected chi connectivity index (χ3v) is 2.69. The van der Waals surface area contributed by atoms with Gasteiger partial charge in [0.15, 0.2) is 0 Å². The van der Waals surface area contributed by atoms with E-state index in [4.69, 9.17) is 5.11 Å². The third kappa shape index (κ3) is 2.67. The predicted molar refractivity (Wildman–Crippen MR) is 57.0 cm³/mol. The highest BCUT2D eigenvalue weighted by Gasteiger charge is 2.02. The number of nitrogens with zero attached hydrogens (tertiary/aromatic N) is 2. The summed E-state index contributed by atoms with van der Waals surface area (Å²) in [5.41, 5.74) is 1.15. The first-order valence-corrected chi connectivity index (χ1v) is 4.88. The van der Waals surface area contributed by atoms with Gasteiger partial charge in [-0.1, -0.05) is 0 Å². The van der Waals surface area contributed by atoms with Crippen molar-refractivity contribution in [3.05, 3.63) is 22.3 Å². The molecule has 0 saturated carbocycles. The molecule has 1 N–H and O–H groups in total. The molecular weight excluding hydrogens is 232 g/mol. The van der Waals surface area contributed by atoms with Crippen LogP contribution in [-0.2, 0) is 0 Å². The highest BCUT2D eigenvalue weighted by atomic mass is 79.9. The Kier molecular flexibility index (Phi) is 3.69. The number of aryl methyl sites for hydroxylation is 1. The molecule has 1 aromatic rings. The van der Waals surface area contributed by atoms with Gasteiger partial charge in [-0.3, -0.25) is 0 Å². The maximum atomic E-state index is 8.74. The molecule has 0 atom stereocenters. The number of hydrogen-bond acceptors (Lipinski definition) is 3. The minimum Gasteiger partial charge on any atom is -0.395 e. The van der Waals surface area contributed by atoms with Crippen LogP contribution in [0, 0.1) is 6.92 Å². The van der Waals surface area contributed by atoms with Crippen molar-refractivity contribution in [3.8, 4) is 0 Å². The second-order valence-corrected chi connectivity index (χ2v) is 3.79. The third-order valence-electron chi connectivity index (χ3n) is 1.86. The first-order chi connectivity index (χ1) is 6.15. The SMILES string of the molecule is Cc1cc(N(C)CCO)ncc1Br. The molecule has 3 nitrogen and oxygen atoms in total. The molecule has 0 radical (unpaired) electrons. The number of anilines is 1. The second kappa shape index (κ2) is 4.58. The zero-order valence-corrected chi connectivity index (χ0v) is 9.37. The molecule has 0 aliphatic carbocycles. The molecule has 4 heteroatoms. The number of aliphatic hydroxyl groups excluding tert-OH is 1. The summed E-state index contributed by atoms with van der Waals surface area (Å²) in [5, 5.41) is 8.74. The highest BCUT2D eigenvalue weighted by Crippen LogP contribution is 2.18. The van der Waals surface area contributed by atoms with E-state index >= 15 is 0 Å². The molecule has 0 unspecified atom stereocenters. The molecule has 72 valence electrons. The fraction of sp³-hybridized carbons (Fsp3) is 0.444. The van der Waals surface area contributed by atoms with Gasteiger partial charge in [-0.15, -0.1) is 0 Å². The lowest BCUT2D eigenvalue weighted by Gasteiger charge is -2.17. The van der Waals surface area contributed by atoms with Crippen molar-refractivity contribution in [1.29, 1.82) is 0 Å². The first-order valence-electron chi connectivity index (χ1n) is 4.09. The van der Waals surface area contributed by atoms with Crippen LogP contribution in [0.1, 0.15) is 5.56 Å². The van der Waals surface area contributed by atoms with Gasteiger partial charge < -0.3 is 10.0 Å². The van der Waals surface area contributed by atoms with E-state index in [1.54, 1.807) is 6.20 Å². The zero-order valence-electron chi connectivity index (χ0n) is 7.79. The van der Waals surface area contributed by atoms with Gasteiger partial charge in [0, 0.05) is 24.3 Å². The van der Waals surface area contributed by atoms with Crippen molar-refractivity contribution in [1.82, 2.24) is 4.98 Å². The lowest BCUT2D eigenvalue weighted by atomic mass is 10.3. The lowest BCUT2D eigenvalue weighted by Crippen LogP contribution is -2.22. The van der Waals surface area contributed by atoms with E-state index in [0.29, 0.717) is 6.54 Å². The fourth-order valence-corrected chi connectivity index (χ4v) is 1.21. The van der Waals surface area contributed by atoms with Gasteiger partial charge in [-0.2, -0.15) is 0 Å². The van der Waals surface area contributed by atoms with E-state index in [-0.39, 0.29) is 6.61 Å². The number of pyridine rings is 1. The molecule has 0 fully saturated rings. The van der Waals surface area contributed by atoms with Crippen LogP contribution in [0.4, 0.5) is 5.82 Å². The van der Waals surface area contributed by atoms with Crippen molar-refractivity contribution in [2.45, 2.75) is 6.92 Å². The molecule has 0 amide bonds. The van der Waals surface area contributed by atoms with Crippen molar-refractivity contribution < 1.29 is 5.11 Å². The maximum absolute atomic E-state index is 8.74. The Hall–Kier alpha value is -0.610. The summed E-state index contributed by atoms with van der Waals surface area (Å²) in [6, 6.07) is 1.99. The van der Waals surface area contributed by atoms with Gasteiger partial charge in [-0.25, -0.2) is 4.98 Å². The number of rotatable bonds is 3. The normalized spacial score (nSPS) is 10.2. The number of likely N-dealkylation sites (N-methyl/N-ethyl adjacent to an activating group) is 1. The standard InChI is InChI=1S/C9H13BrN2O/c1-7-5-9(11-6-8(7)10)12(2)3-4-13/h5-6,13H,3-4H2,1-2H3. The van der Waals surface area contributed by atoms with Gasteiger partial charge in [-0.05, 0) is 34.5 Å². The average molecular weight is 245 g/mol. The summed E-state index contributed by atoms with van der Waals surface area (Å²) >= 11 is 3.39. The number of halogens is 1. The molecule has 0 spiro atoms.